The van der Waals surface area contributed by atoms with Crippen molar-refractivity contribution in [1.29, 1.82) is 0 Å². The summed E-state index contributed by atoms with van der Waals surface area (Å²) < 4.78 is 50.3. The number of nitrogens with zero attached hydrogens (tertiary/aromatic N) is 6. The van der Waals surface area contributed by atoms with Crippen LogP contribution in [0.4, 0.5) is 10.1 Å². The lowest BCUT2D eigenvalue weighted by atomic mass is 9.86. The zero-order valence-electron chi connectivity index (χ0n) is 24.6. The Labute approximate surface area is 250 Å². The first-order valence-corrected chi connectivity index (χ1v) is 16.5. The van der Waals surface area contributed by atoms with E-state index < -0.39 is 15.1 Å². The highest BCUT2D eigenvalue weighted by atomic mass is 32.2. The van der Waals surface area contributed by atoms with Crippen LogP contribution in [0.25, 0.3) is 33.2 Å². The lowest BCUT2D eigenvalue weighted by molar-refractivity contribution is 0.0548. The highest BCUT2D eigenvalue weighted by Crippen LogP contribution is 2.42. The molecule has 0 spiro atoms. The minimum Gasteiger partial charge on any atom is -0.381 e. The van der Waals surface area contributed by atoms with Gasteiger partial charge in [-0.1, -0.05) is 23.4 Å². The second-order valence-electron chi connectivity index (χ2n) is 11.9. The fraction of sp³-hybridized carbons (Fsp3) is 0.406. The average molecular weight is 603 g/mol. The van der Waals surface area contributed by atoms with Gasteiger partial charge < -0.3 is 14.2 Å². The van der Waals surface area contributed by atoms with Crippen molar-refractivity contribution in [3.8, 4) is 11.3 Å². The summed E-state index contributed by atoms with van der Waals surface area (Å²) in [5.74, 6) is 0.0539. The van der Waals surface area contributed by atoms with Crippen molar-refractivity contribution in [2.75, 3.05) is 37.0 Å². The normalized spacial score (nSPS) is 20.2. The van der Waals surface area contributed by atoms with Crippen LogP contribution in [-0.2, 0) is 21.6 Å². The molecule has 0 N–H and O–H groups in total. The molecule has 0 unspecified atom stereocenters. The summed E-state index contributed by atoms with van der Waals surface area (Å²) in [5, 5.41) is 8.97. The maximum absolute atomic E-state index is 15.7. The quantitative estimate of drug-likeness (QED) is 0.277. The highest BCUT2D eigenvalue weighted by molar-refractivity contribution is 7.92. The molecule has 0 amide bonds. The minimum atomic E-state index is -3.08. The number of anilines is 1. The van der Waals surface area contributed by atoms with Gasteiger partial charge in [0.25, 0.3) is 0 Å². The summed E-state index contributed by atoms with van der Waals surface area (Å²) in [7, 11) is -1.22. The predicted octanol–water partition coefficient (Wildman–Crippen LogP) is 5.07. The maximum Gasteiger partial charge on any atom is 0.156 e. The zero-order valence-corrected chi connectivity index (χ0v) is 25.4. The van der Waals surface area contributed by atoms with Gasteiger partial charge in [0.1, 0.15) is 5.82 Å². The first-order chi connectivity index (χ1) is 20.7. The topological polar surface area (TPSA) is 95.1 Å². The van der Waals surface area contributed by atoms with E-state index in [1.54, 1.807) is 17.7 Å². The molecule has 2 aliphatic rings. The summed E-state index contributed by atoms with van der Waals surface area (Å²) in [6.07, 6.45) is 3.49. The van der Waals surface area contributed by atoms with Crippen molar-refractivity contribution in [2.45, 2.75) is 38.0 Å². The molecule has 43 heavy (non-hydrogen) atoms. The number of halogens is 1. The molecule has 11 heteroatoms. The van der Waals surface area contributed by atoms with Crippen LogP contribution in [0.1, 0.15) is 37.1 Å². The van der Waals surface area contributed by atoms with Gasteiger partial charge in [0.15, 0.2) is 9.84 Å². The minimum absolute atomic E-state index is 0.132. The molecule has 2 aliphatic heterocycles. The lowest BCUT2D eigenvalue weighted by Crippen LogP contribution is -2.45. The molecule has 5 aromatic rings. The zero-order chi connectivity index (χ0) is 29.9. The number of rotatable bonds is 5. The Morgan fingerprint density at radius 3 is 2.58 bits per heavy atom. The molecule has 224 valence electrons. The van der Waals surface area contributed by atoms with E-state index in [-0.39, 0.29) is 23.5 Å². The molecule has 7 rings (SSSR count). The Morgan fingerprint density at radius 2 is 1.86 bits per heavy atom. The number of benzene rings is 2. The Hall–Kier alpha value is -3.83. The van der Waals surface area contributed by atoms with Crippen LogP contribution >= 0.6 is 0 Å². The molecule has 9 nitrogen and oxygen atoms in total. The molecule has 2 saturated heterocycles. The molecule has 5 heterocycles. The summed E-state index contributed by atoms with van der Waals surface area (Å²) in [5.41, 5.74) is 6.85. The van der Waals surface area contributed by atoms with Gasteiger partial charge in [-0.15, -0.1) is 5.10 Å². The van der Waals surface area contributed by atoms with Crippen LogP contribution in [-0.4, -0.2) is 70.3 Å². The van der Waals surface area contributed by atoms with Gasteiger partial charge in [-0.25, -0.2) is 17.5 Å². The van der Waals surface area contributed by atoms with Crippen LogP contribution in [0.5, 0.6) is 0 Å². The van der Waals surface area contributed by atoms with Gasteiger partial charge in [0.05, 0.1) is 45.0 Å². The number of hydrogen-bond donors (Lipinski definition) is 0. The van der Waals surface area contributed by atoms with Gasteiger partial charge in [-0.2, -0.15) is 0 Å². The number of pyridine rings is 1. The van der Waals surface area contributed by atoms with Crippen molar-refractivity contribution in [1.82, 2.24) is 24.5 Å². The third-order valence-electron chi connectivity index (χ3n) is 9.21. The molecular formula is C32H35FN6O3S. The van der Waals surface area contributed by atoms with Gasteiger partial charge >= 0.3 is 0 Å². The number of fused-ring (bicyclic) bond motifs is 3. The van der Waals surface area contributed by atoms with Crippen LogP contribution in [0.2, 0.25) is 0 Å². The van der Waals surface area contributed by atoms with E-state index in [1.165, 1.54) is 6.07 Å². The van der Waals surface area contributed by atoms with Crippen molar-refractivity contribution in [3.63, 3.8) is 0 Å². The SMILES string of the molecule is Cc1nnn(C)c1-c1cnc2c3cc(N4CCS(=O)(=O)[C@@H](C)C4)ccc3n([C@H](c3ccccc3F)C3CCOCC3)c2c1. The molecule has 0 bridgehead atoms. The van der Waals surface area contributed by atoms with E-state index in [0.29, 0.717) is 31.9 Å². The number of hydrogen-bond acceptors (Lipinski definition) is 7. The van der Waals surface area contributed by atoms with Gasteiger partial charge in [0, 0.05) is 61.7 Å². The summed E-state index contributed by atoms with van der Waals surface area (Å²) >= 11 is 0. The molecular weight excluding hydrogens is 567 g/mol. The van der Waals surface area contributed by atoms with E-state index in [1.807, 2.05) is 32.3 Å². The maximum atomic E-state index is 15.7. The van der Waals surface area contributed by atoms with Crippen molar-refractivity contribution < 1.29 is 17.5 Å². The Morgan fingerprint density at radius 1 is 1.07 bits per heavy atom. The van der Waals surface area contributed by atoms with Crippen LogP contribution in [0.3, 0.4) is 0 Å². The fourth-order valence-electron chi connectivity index (χ4n) is 6.92. The summed E-state index contributed by atoms with van der Waals surface area (Å²) in [6.45, 7) is 5.86. The average Bonchev–Trinajstić information content (AvgIpc) is 3.51. The summed E-state index contributed by atoms with van der Waals surface area (Å²) in [4.78, 5) is 7.15. The highest BCUT2D eigenvalue weighted by Gasteiger charge is 2.33. The van der Waals surface area contributed by atoms with Crippen molar-refractivity contribution >= 4 is 37.5 Å². The second kappa shape index (κ2) is 10.7. The lowest BCUT2D eigenvalue weighted by Gasteiger charge is -2.34. The van der Waals surface area contributed by atoms with E-state index >= 15 is 4.39 Å². The van der Waals surface area contributed by atoms with E-state index in [4.69, 9.17) is 9.72 Å². The standard InChI is InChI=1S/C32H35FN6O3S/c1-20-19-38(12-15-43(20,40)41)24-8-9-28-26(17-24)30-29(16-23(18-34-30)31-21(2)35-36-37(31)3)39(28)32(22-10-13-42-14-11-22)25-6-4-5-7-27(25)33/h4-9,16-18,20,22,32H,10-15,19H2,1-3H3/t20-,32-/m0/s1. The molecule has 2 fully saturated rings. The monoisotopic (exact) mass is 602 g/mol. The van der Waals surface area contributed by atoms with Crippen LogP contribution in [0.15, 0.2) is 54.7 Å². The first kappa shape index (κ1) is 28.0. The molecule has 2 atom stereocenters. The van der Waals surface area contributed by atoms with Crippen molar-refractivity contribution in [2.24, 2.45) is 13.0 Å². The molecule has 0 radical (unpaired) electrons. The molecule has 2 aromatic carbocycles. The molecule has 0 saturated carbocycles. The van der Waals surface area contributed by atoms with Crippen LogP contribution in [0, 0.1) is 18.7 Å². The van der Waals surface area contributed by atoms with E-state index in [9.17, 15) is 8.42 Å². The van der Waals surface area contributed by atoms with Gasteiger partial charge in [-0.05, 0) is 62.9 Å². The van der Waals surface area contributed by atoms with Crippen molar-refractivity contribution in [3.05, 3.63) is 71.8 Å². The largest absolute Gasteiger partial charge is 0.381 e. The number of aromatic nitrogens is 5. The third kappa shape index (κ3) is 4.78. The van der Waals surface area contributed by atoms with E-state index in [0.717, 1.165) is 57.4 Å². The number of aryl methyl sites for hydroxylation is 2. The number of sulfone groups is 1. The van der Waals surface area contributed by atoms with Gasteiger partial charge in [-0.3, -0.25) is 4.98 Å². The fourth-order valence-corrected chi connectivity index (χ4v) is 8.20. The Balaban J connectivity index is 1.48. The Kier molecular flexibility index (Phi) is 6.97. The van der Waals surface area contributed by atoms with E-state index in [2.05, 4.69) is 44.0 Å². The smallest absolute Gasteiger partial charge is 0.156 e. The van der Waals surface area contributed by atoms with Gasteiger partial charge in [0.2, 0.25) is 0 Å². The third-order valence-corrected chi connectivity index (χ3v) is 11.3. The predicted molar refractivity (Wildman–Crippen MR) is 166 cm³/mol. The molecule has 3 aromatic heterocycles. The van der Waals surface area contributed by atoms with Crippen LogP contribution < -0.4 is 4.90 Å². The second-order valence-corrected chi connectivity index (χ2v) is 14.4. The molecule has 0 aliphatic carbocycles. The summed E-state index contributed by atoms with van der Waals surface area (Å²) in [6, 6.07) is 15.2. The first-order valence-electron chi connectivity index (χ1n) is 14.8. The number of ether oxygens (including phenoxy) is 1. The Bertz CT molecular complexity index is 1930.